The summed E-state index contributed by atoms with van der Waals surface area (Å²) in [6.45, 7) is 1.71. The molecule has 0 fully saturated rings. The van der Waals surface area contributed by atoms with Crippen molar-refractivity contribution >= 4 is 16.8 Å². The minimum atomic E-state index is 0.111. The first-order valence-corrected chi connectivity index (χ1v) is 10.1. The molecule has 0 radical (unpaired) electrons. The van der Waals surface area contributed by atoms with Crippen LogP contribution in [0.25, 0.3) is 10.9 Å². The van der Waals surface area contributed by atoms with Gasteiger partial charge in [0.15, 0.2) is 0 Å². The Hall–Kier alpha value is -3.60. The number of benzene rings is 3. The summed E-state index contributed by atoms with van der Waals surface area (Å²) in [5.74, 6) is 0.912. The van der Waals surface area contributed by atoms with Gasteiger partial charge < -0.3 is 9.64 Å². The zero-order chi connectivity index (χ0) is 20.8. The van der Waals surface area contributed by atoms with Crippen LogP contribution < -0.4 is 4.74 Å². The van der Waals surface area contributed by atoms with Crippen LogP contribution in [0.5, 0.6) is 5.75 Å². The normalized spacial score (nSPS) is 10.8. The molecule has 0 atom stereocenters. The summed E-state index contributed by atoms with van der Waals surface area (Å²) in [6.07, 6.45) is 2.20. The number of fused-ring (bicyclic) bond motifs is 1. The highest BCUT2D eigenvalue weighted by Crippen LogP contribution is 2.21. The molecular formula is C25H25N3O2. The molecule has 1 heterocycles. The number of carbonyl (C=O) groups is 1. The van der Waals surface area contributed by atoms with Gasteiger partial charge in [-0.3, -0.25) is 9.48 Å². The predicted molar refractivity (Wildman–Crippen MR) is 118 cm³/mol. The molecular weight excluding hydrogens is 374 g/mol. The van der Waals surface area contributed by atoms with Gasteiger partial charge in [-0.25, -0.2) is 0 Å². The summed E-state index contributed by atoms with van der Waals surface area (Å²) < 4.78 is 7.16. The van der Waals surface area contributed by atoms with E-state index in [2.05, 4.69) is 29.4 Å². The van der Waals surface area contributed by atoms with E-state index in [0.29, 0.717) is 26.1 Å². The summed E-state index contributed by atoms with van der Waals surface area (Å²) in [6, 6.07) is 26.1. The fourth-order valence-electron chi connectivity index (χ4n) is 3.57. The summed E-state index contributed by atoms with van der Waals surface area (Å²) >= 11 is 0. The third kappa shape index (κ3) is 4.69. The Morgan fingerprint density at radius 1 is 0.933 bits per heavy atom. The maximum Gasteiger partial charge on any atom is 0.225 e. The molecule has 0 aliphatic rings. The number of nitrogens with zero attached hydrogens (tertiary/aromatic N) is 3. The second-order valence-electron chi connectivity index (χ2n) is 7.26. The van der Waals surface area contributed by atoms with Gasteiger partial charge in [-0.2, -0.15) is 5.10 Å². The largest absolute Gasteiger partial charge is 0.497 e. The molecule has 30 heavy (non-hydrogen) atoms. The molecule has 0 saturated heterocycles. The van der Waals surface area contributed by atoms with Gasteiger partial charge in [0.25, 0.3) is 0 Å². The molecule has 0 saturated carbocycles. The minimum Gasteiger partial charge on any atom is -0.497 e. The number of methoxy groups -OCH3 is 1. The molecule has 3 aromatic carbocycles. The van der Waals surface area contributed by atoms with Gasteiger partial charge in [0, 0.05) is 24.9 Å². The van der Waals surface area contributed by atoms with Crippen molar-refractivity contribution in [2.24, 2.45) is 0 Å². The monoisotopic (exact) mass is 399 g/mol. The summed E-state index contributed by atoms with van der Waals surface area (Å²) in [5.41, 5.74) is 3.25. The van der Waals surface area contributed by atoms with Crippen molar-refractivity contribution in [1.29, 1.82) is 0 Å². The molecule has 0 aliphatic heterocycles. The lowest BCUT2D eigenvalue weighted by Gasteiger charge is -2.23. The van der Waals surface area contributed by atoms with E-state index < -0.39 is 0 Å². The molecule has 0 N–H and O–H groups in total. The van der Waals surface area contributed by atoms with Crippen molar-refractivity contribution in [1.82, 2.24) is 14.7 Å². The van der Waals surface area contributed by atoms with E-state index in [1.807, 2.05) is 70.4 Å². The maximum atomic E-state index is 13.1. The van der Waals surface area contributed by atoms with Gasteiger partial charge >= 0.3 is 0 Å². The van der Waals surface area contributed by atoms with Crippen LogP contribution in [0.2, 0.25) is 0 Å². The number of carbonyl (C=O) groups excluding carboxylic acids is 1. The van der Waals surface area contributed by atoms with Crippen molar-refractivity contribution in [3.63, 3.8) is 0 Å². The third-order valence-corrected chi connectivity index (χ3v) is 5.17. The highest BCUT2D eigenvalue weighted by Gasteiger charge is 2.15. The van der Waals surface area contributed by atoms with Crippen LogP contribution >= 0.6 is 0 Å². The molecule has 1 aromatic heterocycles. The first-order valence-electron chi connectivity index (χ1n) is 10.1. The van der Waals surface area contributed by atoms with Gasteiger partial charge in [0.2, 0.25) is 5.91 Å². The molecule has 0 aliphatic carbocycles. The van der Waals surface area contributed by atoms with Gasteiger partial charge in [-0.05, 0) is 29.3 Å². The number of hydrogen-bond donors (Lipinski definition) is 0. The Balaban J connectivity index is 1.48. The Morgan fingerprint density at radius 2 is 1.57 bits per heavy atom. The lowest BCUT2D eigenvalue weighted by atomic mass is 10.1. The quantitative estimate of drug-likeness (QED) is 0.433. The maximum absolute atomic E-state index is 13.1. The summed E-state index contributed by atoms with van der Waals surface area (Å²) in [7, 11) is 1.65. The van der Waals surface area contributed by atoms with Crippen LogP contribution in [-0.4, -0.2) is 27.7 Å². The average molecular weight is 399 g/mol. The fourth-order valence-corrected chi connectivity index (χ4v) is 3.57. The minimum absolute atomic E-state index is 0.111. The Kier molecular flexibility index (Phi) is 6.09. The average Bonchev–Trinajstić information content (AvgIpc) is 3.20. The van der Waals surface area contributed by atoms with Crippen molar-refractivity contribution < 1.29 is 9.53 Å². The van der Waals surface area contributed by atoms with Crippen LogP contribution in [-0.2, 0) is 24.4 Å². The molecule has 152 valence electrons. The number of rotatable bonds is 8. The van der Waals surface area contributed by atoms with Crippen molar-refractivity contribution in [3.8, 4) is 5.75 Å². The SMILES string of the molecule is COc1ccc2c(cnn2CCC(=O)N(Cc2ccccc2)Cc2ccccc2)c1. The second-order valence-corrected chi connectivity index (χ2v) is 7.26. The molecule has 0 unspecified atom stereocenters. The molecule has 0 spiro atoms. The lowest BCUT2D eigenvalue weighted by molar-refractivity contribution is -0.132. The number of ether oxygens (including phenoxy) is 1. The number of aromatic nitrogens is 2. The highest BCUT2D eigenvalue weighted by molar-refractivity contribution is 5.81. The zero-order valence-corrected chi connectivity index (χ0v) is 17.1. The predicted octanol–water partition coefficient (Wildman–Crippen LogP) is 4.66. The lowest BCUT2D eigenvalue weighted by Crippen LogP contribution is -2.30. The first kappa shape index (κ1) is 19.7. The third-order valence-electron chi connectivity index (χ3n) is 5.17. The number of amides is 1. The number of hydrogen-bond acceptors (Lipinski definition) is 3. The van der Waals surface area contributed by atoms with Crippen molar-refractivity contribution in [2.45, 2.75) is 26.1 Å². The highest BCUT2D eigenvalue weighted by atomic mass is 16.5. The molecule has 4 rings (SSSR count). The van der Waals surface area contributed by atoms with Gasteiger partial charge in [-0.15, -0.1) is 0 Å². The Bertz CT molecular complexity index is 1070. The van der Waals surface area contributed by atoms with Gasteiger partial charge in [-0.1, -0.05) is 60.7 Å². The van der Waals surface area contributed by atoms with E-state index >= 15 is 0 Å². The number of aryl methyl sites for hydroxylation is 1. The Labute approximate surface area is 176 Å². The van der Waals surface area contributed by atoms with Crippen molar-refractivity contribution in [3.05, 3.63) is 96.2 Å². The van der Waals surface area contributed by atoms with Crippen LogP contribution in [0.3, 0.4) is 0 Å². The van der Waals surface area contributed by atoms with E-state index in [4.69, 9.17) is 4.74 Å². The van der Waals surface area contributed by atoms with E-state index in [1.165, 1.54) is 0 Å². The molecule has 1 amide bonds. The molecule has 4 aromatic rings. The summed E-state index contributed by atoms with van der Waals surface area (Å²) in [5, 5.41) is 5.47. The van der Waals surface area contributed by atoms with E-state index in [9.17, 15) is 4.79 Å². The van der Waals surface area contributed by atoms with Crippen LogP contribution in [0.15, 0.2) is 85.1 Å². The smallest absolute Gasteiger partial charge is 0.225 e. The fraction of sp³-hybridized carbons (Fsp3) is 0.200. The zero-order valence-electron chi connectivity index (χ0n) is 17.1. The topological polar surface area (TPSA) is 47.4 Å². The van der Waals surface area contributed by atoms with Crippen LogP contribution in [0, 0.1) is 0 Å². The summed E-state index contributed by atoms with van der Waals surface area (Å²) in [4.78, 5) is 15.1. The van der Waals surface area contributed by atoms with Crippen molar-refractivity contribution in [2.75, 3.05) is 7.11 Å². The van der Waals surface area contributed by atoms with Gasteiger partial charge in [0.05, 0.1) is 25.4 Å². The first-order chi connectivity index (χ1) is 14.7. The van der Waals surface area contributed by atoms with Gasteiger partial charge in [0.1, 0.15) is 5.75 Å². The standard InChI is InChI=1S/C25H25N3O2/c1-30-23-12-13-24-22(16-23)17-26-28(24)15-14-25(29)27(18-20-8-4-2-5-9-20)19-21-10-6-3-7-11-21/h2-13,16-17H,14-15,18-19H2,1H3. The Morgan fingerprint density at radius 3 is 2.17 bits per heavy atom. The molecule has 5 nitrogen and oxygen atoms in total. The molecule has 5 heteroatoms. The second kappa shape index (κ2) is 9.27. The van der Waals surface area contributed by atoms with E-state index in [1.54, 1.807) is 7.11 Å². The van der Waals surface area contributed by atoms with E-state index in [0.717, 1.165) is 27.8 Å². The van der Waals surface area contributed by atoms with E-state index in [-0.39, 0.29) is 5.91 Å². The molecule has 0 bridgehead atoms. The van der Waals surface area contributed by atoms with Crippen LogP contribution in [0.4, 0.5) is 0 Å². The van der Waals surface area contributed by atoms with Crippen LogP contribution in [0.1, 0.15) is 17.5 Å².